The van der Waals surface area contributed by atoms with Crippen molar-refractivity contribution in [3.8, 4) is 0 Å². The first-order valence-electron chi connectivity index (χ1n) is 5.49. The molecule has 88 valence electrons. The minimum atomic E-state index is 0.733. The van der Waals surface area contributed by atoms with E-state index in [2.05, 4.69) is 28.1 Å². The molecule has 1 heterocycles. The Balaban J connectivity index is 1.88. The molecule has 0 aliphatic carbocycles. The largest absolute Gasteiger partial charge is 0.398 e. The summed E-state index contributed by atoms with van der Waals surface area (Å²) in [4.78, 5) is 0. The Labute approximate surface area is 109 Å². The molecule has 2 nitrogen and oxygen atoms in total. The molecule has 1 fully saturated rings. The molecule has 1 aliphatic rings. The molecule has 4 heteroatoms. The van der Waals surface area contributed by atoms with Crippen molar-refractivity contribution in [2.75, 3.05) is 18.9 Å². The number of nitrogens with two attached hydrogens (primary N) is 1. The minimum Gasteiger partial charge on any atom is -0.398 e. The summed E-state index contributed by atoms with van der Waals surface area (Å²) in [6.45, 7) is 1.82. The number of thioether (sulfide) groups is 1. The number of nitrogen functional groups attached to an aromatic ring is 1. The number of rotatable bonds is 3. The number of benzene rings is 1. The molecule has 1 aliphatic heterocycles. The molecule has 2 rings (SSSR count). The molecule has 0 aromatic heterocycles. The molecule has 0 atom stereocenters. The van der Waals surface area contributed by atoms with Gasteiger partial charge in [-0.15, -0.1) is 0 Å². The van der Waals surface area contributed by atoms with Crippen molar-refractivity contribution in [1.29, 1.82) is 0 Å². The molecular formula is C12H16BrNOS. The molecule has 0 radical (unpaired) electrons. The van der Waals surface area contributed by atoms with Crippen LogP contribution in [0.1, 0.15) is 18.4 Å². The first-order chi connectivity index (χ1) is 7.75. The third-order valence-electron chi connectivity index (χ3n) is 2.75. The van der Waals surface area contributed by atoms with Gasteiger partial charge in [-0.25, -0.2) is 0 Å². The summed E-state index contributed by atoms with van der Waals surface area (Å²) >= 11 is 5.42. The van der Waals surface area contributed by atoms with Crippen LogP contribution < -0.4 is 5.73 Å². The van der Waals surface area contributed by atoms with Crippen molar-refractivity contribution in [3.63, 3.8) is 0 Å². The summed E-state index contributed by atoms with van der Waals surface area (Å²) in [6.07, 6.45) is 2.34. The highest BCUT2D eigenvalue weighted by atomic mass is 79.9. The van der Waals surface area contributed by atoms with Crippen LogP contribution in [0.15, 0.2) is 22.7 Å². The van der Waals surface area contributed by atoms with Crippen LogP contribution in [0.5, 0.6) is 0 Å². The molecule has 1 aromatic rings. The minimum absolute atomic E-state index is 0.733. The van der Waals surface area contributed by atoms with E-state index in [0.29, 0.717) is 0 Å². The lowest BCUT2D eigenvalue weighted by Crippen LogP contribution is -2.17. The number of anilines is 1. The maximum absolute atomic E-state index is 5.97. The van der Waals surface area contributed by atoms with Gasteiger partial charge in [-0.05, 0) is 30.5 Å². The molecule has 0 amide bonds. The zero-order chi connectivity index (χ0) is 11.4. The van der Waals surface area contributed by atoms with Crippen LogP contribution in [-0.2, 0) is 10.5 Å². The Hall–Kier alpha value is -0.190. The van der Waals surface area contributed by atoms with Crippen LogP contribution in [-0.4, -0.2) is 18.5 Å². The van der Waals surface area contributed by atoms with Crippen LogP contribution >= 0.6 is 27.7 Å². The van der Waals surface area contributed by atoms with Gasteiger partial charge in [0.15, 0.2) is 0 Å². The summed E-state index contributed by atoms with van der Waals surface area (Å²) in [5.41, 5.74) is 8.09. The third-order valence-corrected chi connectivity index (χ3v) is 4.66. The van der Waals surface area contributed by atoms with Crippen molar-refractivity contribution in [3.05, 3.63) is 28.2 Å². The quantitative estimate of drug-likeness (QED) is 0.869. The Morgan fingerprint density at radius 1 is 1.38 bits per heavy atom. The van der Waals surface area contributed by atoms with Crippen LogP contribution in [0.4, 0.5) is 5.69 Å². The van der Waals surface area contributed by atoms with Gasteiger partial charge in [0, 0.05) is 34.4 Å². The molecule has 16 heavy (non-hydrogen) atoms. The van der Waals surface area contributed by atoms with E-state index in [-0.39, 0.29) is 0 Å². The molecular weight excluding hydrogens is 286 g/mol. The van der Waals surface area contributed by atoms with Gasteiger partial charge >= 0.3 is 0 Å². The highest BCUT2D eigenvalue weighted by Gasteiger charge is 2.14. The summed E-state index contributed by atoms with van der Waals surface area (Å²) in [5, 5.41) is 0.733. The smallest absolute Gasteiger partial charge is 0.0476 e. The van der Waals surface area contributed by atoms with Gasteiger partial charge in [-0.3, -0.25) is 0 Å². The number of halogens is 1. The molecule has 0 saturated carbocycles. The van der Waals surface area contributed by atoms with Gasteiger partial charge in [0.05, 0.1) is 0 Å². The lowest BCUT2D eigenvalue weighted by atomic mass is 10.2. The van der Waals surface area contributed by atoms with Crippen LogP contribution in [0.2, 0.25) is 0 Å². The second-order valence-electron chi connectivity index (χ2n) is 3.97. The van der Waals surface area contributed by atoms with Gasteiger partial charge in [0.1, 0.15) is 0 Å². The fraction of sp³-hybridized carbons (Fsp3) is 0.500. The molecule has 1 aromatic carbocycles. The van der Waals surface area contributed by atoms with E-state index in [0.717, 1.165) is 34.4 Å². The van der Waals surface area contributed by atoms with E-state index in [9.17, 15) is 0 Å². The first kappa shape index (κ1) is 12.3. The second kappa shape index (κ2) is 5.94. The second-order valence-corrected chi connectivity index (χ2v) is 6.17. The van der Waals surface area contributed by atoms with E-state index in [1.165, 1.54) is 18.4 Å². The third kappa shape index (κ3) is 3.40. The van der Waals surface area contributed by atoms with Crippen molar-refractivity contribution < 1.29 is 4.74 Å². The lowest BCUT2D eigenvalue weighted by molar-refractivity contribution is 0.1000. The zero-order valence-electron chi connectivity index (χ0n) is 9.12. The summed E-state index contributed by atoms with van der Waals surface area (Å²) in [5.74, 6) is 1.00. The van der Waals surface area contributed by atoms with Gasteiger partial charge in [0.2, 0.25) is 0 Å². The SMILES string of the molecule is Nc1cc(Br)ccc1CSC1CCOCC1. The number of hydrogen-bond acceptors (Lipinski definition) is 3. The average Bonchev–Trinajstić information content (AvgIpc) is 2.29. The normalized spacial score (nSPS) is 17.6. The Bertz CT molecular complexity index is 353. The lowest BCUT2D eigenvalue weighted by Gasteiger charge is -2.21. The van der Waals surface area contributed by atoms with Gasteiger partial charge in [-0.1, -0.05) is 22.0 Å². The maximum atomic E-state index is 5.97. The summed E-state index contributed by atoms with van der Waals surface area (Å²) in [7, 11) is 0. The van der Waals surface area contributed by atoms with Gasteiger partial charge in [-0.2, -0.15) is 11.8 Å². The Morgan fingerprint density at radius 3 is 2.81 bits per heavy atom. The number of hydrogen-bond donors (Lipinski definition) is 1. The van der Waals surface area contributed by atoms with E-state index >= 15 is 0 Å². The average molecular weight is 302 g/mol. The predicted octanol–water partition coefficient (Wildman–Crippen LogP) is 3.44. The van der Waals surface area contributed by atoms with E-state index in [4.69, 9.17) is 10.5 Å². The van der Waals surface area contributed by atoms with E-state index < -0.39 is 0 Å². The monoisotopic (exact) mass is 301 g/mol. The first-order valence-corrected chi connectivity index (χ1v) is 7.33. The zero-order valence-corrected chi connectivity index (χ0v) is 11.5. The Morgan fingerprint density at radius 2 is 2.12 bits per heavy atom. The maximum Gasteiger partial charge on any atom is 0.0476 e. The van der Waals surface area contributed by atoms with Gasteiger partial charge in [0.25, 0.3) is 0 Å². The highest BCUT2D eigenvalue weighted by Crippen LogP contribution is 2.28. The number of ether oxygens (including phenoxy) is 1. The van der Waals surface area contributed by atoms with Crippen LogP contribution in [0, 0.1) is 0 Å². The standard InChI is InChI=1S/C12H16BrNOS/c13-10-2-1-9(12(14)7-10)8-16-11-3-5-15-6-4-11/h1-2,7,11H,3-6,8,14H2. The van der Waals surface area contributed by atoms with E-state index in [1.807, 2.05) is 17.8 Å². The van der Waals surface area contributed by atoms with Crippen molar-refractivity contribution in [2.24, 2.45) is 0 Å². The fourth-order valence-electron chi connectivity index (χ4n) is 1.75. The van der Waals surface area contributed by atoms with E-state index in [1.54, 1.807) is 0 Å². The highest BCUT2D eigenvalue weighted by molar-refractivity contribution is 9.10. The fourth-order valence-corrected chi connectivity index (χ4v) is 3.33. The molecule has 0 unspecified atom stereocenters. The Kier molecular flexibility index (Phi) is 4.55. The van der Waals surface area contributed by atoms with Crippen LogP contribution in [0.3, 0.4) is 0 Å². The topological polar surface area (TPSA) is 35.2 Å². The van der Waals surface area contributed by atoms with Crippen molar-refractivity contribution >= 4 is 33.4 Å². The summed E-state index contributed by atoms with van der Waals surface area (Å²) < 4.78 is 6.39. The predicted molar refractivity (Wildman–Crippen MR) is 73.7 cm³/mol. The summed E-state index contributed by atoms with van der Waals surface area (Å²) in [6, 6.07) is 6.13. The van der Waals surface area contributed by atoms with Gasteiger partial charge < -0.3 is 10.5 Å². The van der Waals surface area contributed by atoms with Crippen molar-refractivity contribution in [2.45, 2.75) is 23.8 Å². The van der Waals surface area contributed by atoms with Crippen molar-refractivity contribution in [1.82, 2.24) is 0 Å². The molecule has 0 spiro atoms. The molecule has 0 bridgehead atoms. The molecule has 1 saturated heterocycles. The van der Waals surface area contributed by atoms with Crippen LogP contribution in [0.25, 0.3) is 0 Å². The molecule has 2 N–H and O–H groups in total.